The predicted molar refractivity (Wildman–Crippen MR) is 128 cm³/mol. The molecule has 0 saturated carbocycles. The number of rotatable bonds is 10. The lowest BCUT2D eigenvalue weighted by Gasteiger charge is -2.16. The topological polar surface area (TPSA) is 52.6 Å². The van der Waals surface area contributed by atoms with Gasteiger partial charge in [-0.15, -0.1) is 0 Å². The molecule has 4 nitrogen and oxygen atoms in total. The summed E-state index contributed by atoms with van der Waals surface area (Å²) in [6.07, 6.45) is 0. The normalized spacial score (nSPS) is 11.8. The molecule has 0 aliphatic heterocycles. The van der Waals surface area contributed by atoms with Crippen LogP contribution in [0, 0.1) is 10.8 Å². The van der Waals surface area contributed by atoms with Crippen molar-refractivity contribution in [1.29, 1.82) is 0 Å². The van der Waals surface area contributed by atoms with Crippen molar-refractivity contribution in [3.8, 4) is 11.5 Å². The number of hydrogen-bond acceptors (Lipinski definition) is 5. The molecule has 0 aliphatic rings. The van der Waals surface area contributed by atoms with Gasteiger partial charge in [-0.05, 0) is 35.4 Å². The second-order valence-electron chi connectivity index (χ2n) is 9.70. The SMILES string of the molecule is CC(C)(C)C(=O)COc1ccc(CSCc2ccc(OCC(=O)C(C)(C)C)cc2)cc1. The van der Waals surface area contributed by atoms with Crippen molar-refractivity contribution in [1.82, 2.24) is 0 Å². The van der Waals surface area contributed by atoms with Crippen LogP contribution in [0.2, 0.25) is 0 Å². The summed E-state index contributed by atoms with van der Waals surface area (Å²) in [6, 6.07) is 15.8. The molecule has 0 spiro atoms. The van der Waals surface area contributed by atoms with Crippen molar-refractivity contribution in [3.05, 3.63) is 59.7 Å². The van der Waals surface area contributed by atoms with Crippen molar-refractivity contribution >= 4 is 23.3 Å². The molecule has 0 N–H and O–H groups in total. The number of benzene rings is 2. The van der Waals surface area contributed by atoms with Gasteiger partial charge in [0.1, 0.15) is 24.7 Å². The Labute approximate surface area is 190 Å². The van der Waals surface area contributed by atoms with Crippen LogP contribution in [-0.2, 0) is 21.1 Å². The first-order valence-corrected chi connectivity index (χ1v) is 11.7. The van der Waals surface area contributed by atoms with Crippen LogP contribution in [0.5, 0.6) is 11.5 Å². The van der Waals surface area contributed by atoms with Gasteiger partial charge in [0.25, 0.3) is 0 Å². The Bertz CT molecular complexity index is 783. The van der Waals surface area contributed by atoms with Gasteiger partial charge in [-0.1, -0.05) is 65.8 Å². The van der Waals surface area contributed by atoms with Crippen molar-refractivity contribution in [2.75, 3.05) is 13.2 Å². The van der Waals surface area contributed by atoms with Gasteiger partial charge in [0.2, 0.25) is 0 Å². The highest BCUT2D eigenvalue weighted by molar-refractivity contribution is 7.97. The van der Waals surface area contributed by atoms with Crippen LogP contribution in [-0.4, -0.2) is 24.8 Å². The molecular weight excluding hydrogens is 408 g/mol. The molecule has 0 fully saturated rings. The largest absolute Gasteiger partial charge is 0.486 e. The number of ether oxygens (including phenoxy) is 2. The minimum atomic E-state index is -0.384. The van der Waals surface area contributed by atoms with Crippen LogP contribution < -0.4 is 9.47 Å². The summed E-state index contributed by atoms with van der Waals surface area (Å²) in [5, 5.41) is 0. The minimum absolute atomic E-state index is 0.0874. The van der Waals surface area contributed by atoms with Gasteiger partial charge in [0.15, 0.2) is 11.6 Å². The monoisotopic (exact) mass is 442 g/mol. The molecule has 31 heavy (non-hydrogen) atoms. The molecule has 5 heteroatoms. The summed E-state index contributed by atoms with van der Waals surface area (Å²) >= 11 is 1.82. The fourth-order valence-corrected chi connectivity index (χ4v) is 3.34. The van der Waals surface area contributed by atoms with Gasteiger partial charge in [-0.3, -0.25) is 9.59 Å². The molecule has 0 unspecified atom stereocenters. The number of Topliss-reactive ketones (excluding diaryl/α,β-unsaturated/α-hetero) is 2. The zero-order valence-corrected chi connectivity index (χ0v) is 20.3. The predicted octanol–water partition coefficient (Wildman–Crippen LogP) is 6.11. The van der Waals surface area contributed by atoms with Crippen LogP contribution >= 0.6 is 11.8 Å². The lowest BCUT2D eigenvalue weighted by molar-refractivity contribution is -0.128. The van der Waals surface area contributed by atoms with Gasteiger partial charge in [0, 0.05) is 22.3 Å². The number of carbonyl (C=O) groups is 2. The third-order valence-corrected chi connectivity index (χ3v) is 5.87. The highest BCUT2D eigenvalue weighted by Gasteiger charge is 2.22. The van der Waals surface area contributed by atoms with E-state index in [0.29, 0.717) is 11.5 Å². The molecule has 0 bridgehead atoms. The molecule has 0 amide bonds. The van der Waals surface area contributed by atoms with E-state index in [2.05, 4.69) is 0 Å². The molecule has 0 radical (unpaired) electrons. The lowest BCUT2D eigenvalue weighted by Crippen LogP contribution is -2.26. The van der Waals surface area contributed by atoms with E-state index in [9.17, 15) is 9.59 Å². The van der Waals surface area contributed by atoms with E-state index in [4.69, 9.17) is 9.47 Å². The van der Waals surface area contributed by atoms with Crippen molar-refractivity contribution < 1.29 is 19.1 Å². The fourth-order valence-electron chi connectivity index (χ4n) is 2.38. The average molecular weight is 443 g/mol. The van der Waals surface area contributed by atoms with Crippen LogP contribution in [0.3, 0.4) is 0 Å². The Kier molecular flexibility index (Phi) is 8.75. The van der Waals surface area contributed by atoms with Crippen LogP contribution in [0.15, 0.2) is 48.5 Å². The van der Waals surface area contributed by atoms with E-state index < -0.39 is 0 Å². The Morgan fingerprint density at radius 1 is 0.645 bits per heavy atom. The molecule has 168 valence electrons. The Balaban J connectivity index is 1.74. The second-order valence-corrected chi connectivity index (χ2v) is 10.7. The van der Waals surface area contributed by atoms with Gasteiger partial charge in [-0.25, -0.2) is 0 Å². The first kappa shape index (κ1) is 25.0. The zero-order chi connectivity index (χ0) is 23.1. The maximum atomic E-state index is 12.0. The maximum absolute atomic E-state index is 12.0. The average Bonchev–Trinajstić information content (AvgIpc) is 2.70. The van der Waals surface area contributed by atoms with Crippen molar-refractivity contribution in [2.45, 2.75) is 53.0 Å². The minimum Gasteiger partial charge on any atom is -0.486 e. The summed E-state index contributed by atoms with van der Waals surface area (Å²) in [6.45, 7) is 11.6. The van der Waals surface area contributed by atoms with E-state index in [1.807, 2.05) is 102 Å². The Morgan fingerprint density at radius 3 is 1.26 bits per heavy atom. The third kappa shape index (κ3) is 8.78. The van der Waals surface area contributed by atoms with Crippen LogP contribution in [0.4, 0.5) is 0 Å². The van der Waals surface area contributed by atoms with E-state index in [1.54, 1.807) is 0 Å². The standard InChI is InChI=1S/C26H34O4S/c1-25(2,3)23(27)15-29-21-11-7-19(8-12-21)17-31-18-20-9-13-22(14-10-20)30-16-24(28)26(4,5)6/h7-14H,15-18H2,1-6H3. The molecule has 2 aromatic carbocycles. The molecule has 0 atom stereocenters. The van der Waals surface area contributed by atoms with E-state index >= 15 is 0 Å². The molecule has 0 aliphatic carbocycles. The molecule has 2 aromatic rings. The summed E-state index contributed by atoms with van der Waals surface area (Å²) < 4.78 is 11.2. The van der Waals surface area contributed by atoms with Crippen LogP contribution in [0.1, 0.15) is 52.7 Å². The lowest BCUT2D eigenvalue weighted by atomic mass is 9.91. The third-order valence-electron chi connectivity index (χ3n) is 4.80. The molecule has 0 aromatic heterocycles. The first-order valence-electron chi connectivity index (χ1n) is 10.5. The summed E-state index contributed by atoms with van der Waals surface area (Å²) in [5.74, 6) is 3.38. The van der Waals surface area contributed by atoms with E-state index in [1.165, 1.54) is 11.1 Å². The van der Waals surface area contributed by atoms with Gasteiger partial charge in [-0.2, -0.15) is 11.8 Å². The first-order chi connectivity index (χ1) is 14.4. The smallest absolute Gasteiger partial charge is 0.175 e. The number of thioether (sulfide) groups is 1. The second kappa shape index (κ2) is 10.9. The quantitative estimate of drug-likeness (QED) is 0.444. The number of hydrogen-bond donors (Lipinski definition) is 0. The molecule has 0 saturated heterocycles. The highest BCUT2D eigenvalue weighted by Crippen LogP contribution is 2.23. The van der Waals surface area contributed by atoms with E-state index in [0.717, 1.165) is 11.5 Å². The van der Waals surface area contributed by atoms with Gasteiger partial charge < -0.3 is 9.47 Å². The van der Waals surface area contributed by atoms with Gasteiger partial charge in [0.05, 0.1) is 0 Å². The maximum Gasteiger partial charge on any atom is 0.175 e. The summed E-state index contributed by atoms with van der Waals surface area (Å²) in [5.41, 5.74) is 1.65. The van der Waals surface area contributed by atoms with Crippen molar-refractivity contribution in [2.24, 2.45) is 10.8 Å². The number of ketones is 2. The fraction of sp³-hybridized carbons (Fsp3) is 0.462. The van der Waals surface area contributed by atoms with Gasteiger partial charge >= 0.3 is 0 Å². The summed E-state index contributed by atoms with van der Waals surface area (Å²) in [4.78, 5) is 23.9. The number of carbonyl (C=O) groups excluding carboxylic acids is 2. The van der Waals surface area contributed by atoms with E-state index in [-0.39, 0.29) is 35.6 Å². The molecular formula is C26H34O4S. The van der Waals surface area contributed by atoms with Crippen LogP contribution in [0.25, 0.3) is 0 Å². The highest BCUT2D eigenvalue weighted by atomic mass is 32.2. The molecule has 2 rings (SSSR count). The zero-order valence-electron chi connectivity index (χ0n) is 19.5. The Morgan fingerprint density at radius 2 is 0.968 bits per heavy atom. The molecule has 0 heterocycles. The Hall–Kier alpha value is -2.27. The summed E-state index contributed by atoms with van der Waals surface area (Å²) in [7, 11) is 0. The van der Waals surface area contributed by atoms with Crippen molar-refractivity contribution in [3.63, 3.8) is 0 Å².